The maximum absolute atomic E-state index is 12.4. The number of fused-ring (bicyclic) bond motifs is 1. The van der Waals surface area contributed by atoms with Crippen molar-refractivity contribution in [1.82, 2.24) is 4.72 Å². The van der Waals surface area contributed by atoms with Crippen LogP contribution in [-0.4, -0.2) is 38.3 Å². The second-order valence-corrected chi connectivity index (χ2v) is 10.2. The molecule has 0 fully saturated rings. The van der Waals surface area contributed by atoms with E-state index in [-0.39, 0.29) is 17.0 Å². The lowest BCUT2D eigenvalue weighted by Gasteiger charge is -2.15. The van der Waals surface area contributed by atoms with Crippen LogP contribution in [0.2, 0.25) is 0 Å². The van der Waals surface area contributed by atoms with Gasteiger partial charge >= 0.3 is 5.97 Å². The van der Waals surface area contributed by atoms with Crippen molar-refractivity contribution in [2.24, 2.45) is 0 Å². The zero-order chi connectivity index (χ0) is 24.2. The zero-order valence-corrected chi connectivity index (χ0v) is 19.8. The van der Waals surface area contributed by atoms with Crippen LogP contribution in [0.3, 0.4) is 0 Å². The first-order valence-corrected chi connectivity index (χ1v) is 12.2. The van der Waals surface area contributed by atoms with Crippen LogP contribution in [0.5, 0.6) is 5.75 Å². The molecule has 7 nitrogen and oxygen atoms in total. The summed E-state index contributed by atoms with van der Waals surface area (Å²) < 4.78 is 32.5. The number of unbranched alkanes of at least 4 members (excludes halogenated alkanes) is 1. The molecule has 0 saturated carbocycles. The summed E-state index contributed by atoms with van der Waals surface area (Å²) in [6, 6.07) is 15.0. The van der Waals surface area contributed by atoms with Gasteiger partial charge in [0.15, 0.2) is 0 Å². The molecule has 176 valence electrons. The van der Waals surface area contributed by atoms with Crippen molar-refractivity contribution in [1.29, 1.82) is 0 Å². The Morgan fingerprint density at radius 3 is 2.21 bits per heavy atom. The van der Waals surface area contributed by atoms with Gasteiger partial charge in [0, 0.05) is 6.54 Å². The molecule has 1 aromatic carbocycles. The largest absolute Gasteiger partial charge is 0.497 e. The van der Waals surface area contributed by atoms with Gasteiger partial charge in [-0.3, -0.25) is 0 Å². The molecule has 0 bridgehead atoms. The lowest BCUT2D eigenvalue weighted by Crippen LogP contribution is -2.24. The van der Waals surface area contributed by atoms with Crippen molar-refractivity contribution in [2.75, 3.05) is 13.7 Å². The fraction of sp³-hybridized carbons (Fsp3) is 0.320. The van der Waals surface area contributed by atoms with Gasteiger partial charge in [-0.25, -0.2) is 17.9 Å². The predicted octanol–water partition coefficient (Wildman–Crippen LogP) is 4.03. The molecule has 0 saturated heterocycles. The van der Waals surface area contributed by atoms with Crippen molar-refractivity contribution in [2.45, 2.75) is 43.6 Å². The number of ether oxygens (including phenoxy) is 1. The van der Waals surface area contributed by atoms with Gasteiger partial charge in [0.25, 0.3) is 0 Å². The predicted molar refractivity (Wildman–Crippen MR) is 126 cm³/mol. The van der Waals surface area contributed by atoms with Gasteiger partial charge in [-0.2, -0.15) is 0 Å². The van der Waals surface area contributed by atoms with Gasteiger partial charge in [-0.05, 0) is 85.7 Å². The fourth-order valence-electron chi connectivity index (χ4n) is 3.70. The summed E-state index contributed by atoms with van der Waals surface area (Å²) in [7, 11) is -2.09. The third-order valence-corrected chi connectivity index (χ3v) is 7.05. The van der Waals surface area contributed by atoms with Crippen LogP contribution in [-0.2, 0) is 22.0 Å². The monoisotopic (exact) mass is 471 g/mol. The number of carboxylic acid groups (broad SMARTS) is 1. The van der Waals surface area contributed by atoms with E-state index in [1.54, 1.807) is 50.2 Å². The SMILES string of the molecule is COc1ccc(S(=O)(=O)NCCCCc2cc(C(=O)O)c3ccc(C(C)(C)O)ccc2-3)cc1. The van der Waals surface area contributed by atoms with Crippen molar-refractivity contribution < 1.29 is 28.2 Å². The van der Waals surface area contributed by atoms with Gasteiger partial charge in [-0.15, -0.1) is 0 Å². The Bertz CT molecular complexity index is 1200. The van der Waals surface area contributed by atoms with Crippen LogP contribution >= 0.6 is 0 Å². The van der Waals surface area contributed by atoms with Crippen molar-refractivity contribution in [3.8, 4) is 16.9 Å². The van der Waals surface area contributed by atoms with E-state index >= 15 is 0 Å². The van der Waals surface area contributed by atoms with Crippen LogP contribution in [0.15, 0.2) is 59.5 Å². The van der Waals surface area contributed by atoms with Crippen LogP contribution in [0.25, 0.3) is 11.1 Å². The van der Waals surface area contributed by atoms with Crippen molar-refractivity contribution in [3.05, 3.63) is 71.3 Å². The third kappa shape index (κ3) is 5.90. The number of aliphatic hydroxyl groups is 1. The highest BCUT2D eigenvalue weighted by atomic mass is 32.2. The molecule has 0 amide bonds. The quantitative estimate of drug-likeness (QED) is 0.385. The first kappa shape index (κ1) is 24.7. The lowest BCUT2D eigenvalue weighted by atomic mass is 10.0. The number of carboxylic acids is 1. The van der Waals surface area contributed by atoms with E-state index in [9.17, 15) is 23.4 Å². The molecule has 8 heteroatoms. The van der Waals surface area contributed by atoms with Crippen LogP contribution in [0.1, 0.15) is 48.2 Å². The summed E-state index contributed by atoms with van der Waals surface area (Å²) >= 11 is 0. The number of aromatic carboxylic acids is 1. The highest BCUT2D eigenvalue weighted by molar-refractivity contribution is 7.89. The van der Waals surface area contributed by atoms with E-state index in [4.69, 9.17) is 4.74 Å². The fourth-order valence-corrected chi connectivity index (χ4v) is 4.78. The third-order valence-electron chi connectivity index (χ3n) is 5.58. The number of methoxy groups -OCH3 is 1. The number of carbonyl (C=O) groups is 1. The Morgan fingerprint density at radius 1 is 1.00 bits per heavy atom. The minimum absolute atomic E-state index is 0.173. The average Bonchev–Trinajstić information content (AvgIpc) is 2.94. The van der Waals surface area contributed by atoms with Gasteiger partial charge in [0.2, 0.25) is 10.0 Å². The standard InChI is InChI=1S/C25H29NO6S/c1-25(2,29)18-7-13-21-17(16-23(24(27)28)22(21)14-8-18)6-4-5-15-26-33(30,31)20-11-9-19(32-3)10-12-20/h7-14,16,26,29H,4-6,15H2,1-3H3,(H,27,28). The second-order valence-electron chi connectivity index (χ2n) is 8.43. The number of hydrogen-bond donors (Lipinski definition) is 3. The Balaban J connectivity index is 1.66. The minimum Gasteiger partial charge on any atom is -0.497 e. The molecule has 0 atom stereocenters. The molecule has 0 aromatic heterocycles. The molecule has 3 rings (SSSR count). The normalized spacial score (nSPS) is 12.1. The van der Waals surface area contributed by atoms with Gasteiger partial charge in [0.05, 0.1) is 23.2 Å². The van der Waals surface area contributed by atoms with Crippen LogP contribution < -0.4 is 9.46 Å². The van der Waals surface area contributed by atoms with E-state index < -0.39 is 21.6 Å². The molecule has 0 radical (unpaired) electrons. The molecular formula is C25H29NO6S. The number of sulfonamides is 1. The number of aryl methyl sites for hydroxylation is 1. The van der Waals surface area contributed by atoms with Gasteiger partial charge < -0.3 is 14.9 Å². The number of hydrogen-bond acceptors (Lipinski definition) is 5. The van der Waals surface area contributed by atoms with E-state index in [0.29, 0.717) is 36.1 Å². The summed E-state index contributed by atoms with van der Waals surface area (Å²) in [4.78, 5) is 11.9. The van der Waals surface area contributed by atoms with E-state index in [1.165, 1.54) is 19.2 Å². The maximum Gasteiger partial charge on any atom is 0.336 e. The zero-order valence-electron chi connectivity index (χ0n) is 19.0. The van der Waals surface area contributed by atoms with Gasteiger partial charge in [0.1, 0.15) is 5.75 Å². The highest BCUT2D eigenvalue weighted by Gasteiger charge is 2.21. The minimum atomic E-state index is -3.61. The molecule has 2 aliphatic carbocycles. The topological polar surface area (TPSA) is 113 Å². The molecule has 1 aromatic rings. The summed E-state index contributed by atoms with van der Waals surface area (Å²) in [6.07, 6.45) is 1.88. The molecule has 0 aliphatic heterocycles. The molecule has 2 aliphatic rings. The Labute approximate surface area is 194 Å². The highest BCUT2D eigenvalue weighted by Crippen LogP contribution is 2.34. The summed E-state index contributed by atoms with van der Waals surface area (Å²) in [5, 5.41) is 19.9. The Hall–Kier alpha value is -2.94. The van der Waals surface area contributed by atoms with E-state index in [2.05, 4.69) is 4.72 Å². The first-order valence-electron chi connectivity index (χ1n) is 10.7. The van der Waals surface area contributed by atoms with Gasteiger partial charge in [-0.1, -0.05) is 24.3 Å². The Kier molecular flexibility index (Phi) is 7.41. The van der Waals surface area contributed by atoms with Crippen molar-refractivity contribution >= 4 is 16.0 Å². The smallest absolute Gasteiger partial charge is 0.336 e. The first-order chi connectivity index (χ1) is 15.5. The molecular weight excluding hydrogens is 442 g/mol. The van der Waals surface area contributed by atoms with E-state index in [0.717, 1.165) is 11.1 Å². The molecule has 3 N–H and O–H groups in total. The van der Waals surface area contributed by atoms with E-state index in [1.807, 2.05) is 6.07 Å². The molecule has 33 heavy (non-hydrogen) atoms. The molecule has 0 unspecified atom stereocenters. The average molecular weight is 472 g/mol. The van der Waals surface area contributed by atoms with Crippen LogP contribution in [0, 0.1) is 0 Å². The maximum atomic E-state index is 12.4. The summed E-state index contributed by atoms with van der Waals surface area (Å²) in [5.41, 5.74) is 2.20. The Morgan fingerprint density at radius 2 is 1.64 bits per heavy atom. The second kappa shape index (κ2) is 9.91. The lowest BCUT2D eigenvalue weighted by molar-refractivity contribution is 0.0697. The summed E-state index contributed by atoms with van der Waals surface area (Å²) in [5.74, 6) is -0.422. The number of rotatable bonds is 10. The molecule has 0 spiro atoms. The number of nitrogens with one attached hydrogen (secondary N) is 1. The van der Waals surface area contributed by atoms with Crippen molar-refractivity contribution in [3.63, 3.8) is 0 Å². The number of benzene rings is 1. The van der Waals surface area contributed by atoms with Crippen LogP contribution in [0.4, 0.5) is 0 Å². The molecule has 0 heterocycles. The summed E-state index contributed by atoms with van der Waals surface area (Å²) in [6.45, 7) is 3.63.